The zero-order chi connectivity index (χ0) is 15.9. The molecule has 0 N–H and O–H groups in total. The number of hydrogen-bond acceptors (Lipinski definition) is 4. The molecule has 0 aromatic heterocycles. The summed E-state index contributed by atoms with van der Waals surface area (Å²) in [5, 5.41) is 0. The number of hydrogen-bond donors (Lipinski definition) is 0. The summed E-state index contributed by atoms with van der Waals surface area (Å²) in [5.41, 5.74) is -12.5. The first-order valence-electron chi connectivity index (χ1n) is 3.73. The monoisotopic (exact) mass is 393 g/mol. The largest absolute Gasteiger partial charge is 0.512 e. The van der Waals surface area contributed by atoms with Crippen molar-refractivity contribution < 1.29 is 43.2 Å². The van der Waals surface area contributed by atoms with Gasteiger partial charge >= 0.3 is 31.1 Å². The number of nitrogens with zero attached hydrogens (tertiary/aromatic N) is 1. The third-order valence-electron chi connectivity index (χ3n) is 1.41. The number of sulfonamides is 2. The zero-order valence-electron chi connectivity index (χ0n) is 8.20. The summed E-state index contributed by atoms with van der Waals surface area (Å²) in [5.74, 6) is 0. The average molecular weight is 394 g/mol. The van der Waals surface area contributed by atoms with Crippen molar-refractivity contribution in [1.29, 1.82) is 0 Å². The van der Waals surface area contributed by atoms with Crippen LogP contribution in [-0.4, -0.2) is 45.1 Å². The summed E-state index contributed by atoms with van der Waals surface area (Å²) in [6.07, 6.45) is -1.80. The van der Waals surface area contributed by atoms with Crippen LogP contribution in [0.1, 0.15) is 0 Å². The molecule has 0 aliphatic heterocycles. The van der Waals surface area contributed by atoms with E-state index in [0.717, 1.165) is 0 Å². The summed E-state index contributed by atoms with van der Waals surface area (Å²) >= 11 is 9.97. The quantitative estimate of drug-likeness (QED) is 0.409. The van der Waals surface area contributed by atoms with Crippen molar-refractivity contribution in [1.82, 2.24) is 3.71 Å². The van der Waals surface area contributed by atoms with Crippen LogP contribution in [0, 0.1) is 0 Å². The van der Waals surface area contributed by atoms with Crippen LogP contribution < -0.4 is 0 Å². The molecule has 16 heteroatoms. The summed E-state index contributed by atoms with van der Waals surface area (Å²) in [4.78, 5) is 0. The highest BCUT2D eigenvalue weighted by atomic mass is 35.7. The first-order valence-corrected chi connectivity index (χ1v) is 10.9. The van der Waals surface area contributed by atoms with Crippen LogP contribution in [0.3, 0.4) is 0 Å². The Hall–Kier alpha value is 0.237. The minimum atomic E-state index is -6.78. The van der Waals surface area contributed by atoms with Gasteiger partial charge in [0, 0.05) is 0 Å². The van der Waals surface area contributed by atoms with E-state index in [4.69, 9.17) is 22.2 Å². The van der Waals surface area contributed by atoms with E-state index in [1.807, 2.05) is 0 Å². The van der Waals surface area contributed by atoms with Crippen LogP contribution in [0.4, 0.5) is 26.3 Å². The molecule has 5 nitrogen and oxygen atoms in total. The summed E-state index contributed by atoms with van der Waals surface area (Å²) < 4.78 is 114. The first-order chi connectivity index (χ1) is 8.05. The normalized spacial score (nSPS) is 15.3. The van der Waals surface area contributed by atoms with Crippen molar-refractivity contribution >= 4 is 49.6 Å². The Morgan fingerprint density at radius 1 is 0.842 bits per heavy atom. The smallest absolute Gasteiger partial charge is 0.202 e. The lowest BCUT2D eigenvalue weighted by molar-refractivity contribution is -0.0525. The lowest BCUT2D eigenvalue weighted by Crippen LogP contribution is -2.51. The van der Waals surface area contributed by atoms with Gasteiger partial charge < -0.3 is 0 Å². The minimum absolute atomic E-state index is 1.77. The fourth-order valence-corrected chi connectivity index (χ4v) is 7.17. The van der Waals surface area contributed by atoms with E-state index in [2.05, 4.69) is 0 Å². The minimum Gasteiger partial charge on any atom is -0.202 e. The van der Waals surface area contributed by atoms with Gasteiger partial charge in [-0.3, -0.25) is 0 Å². The van der Waals surface area contributed by atoms with Crippen molar-refractivity contribution in [2.45, 2.75) is 11.0 Å². The average Bonchev–Trinajstić information content (AvgIpc) is 2.09. The standard InChI is InChI=1S/C3H3Cl2F6NO4S2Si/c4-19(5)1-12(17(13,14)2(6,7)8)18(15,16)3(9,10)11/h19H,1H2. The molecule has 0 radical (unpaired) electrons. The molecule has 0 unspecified atom stereocenters. The van der Waals surface area contributed by atoms with Gasteiger partial charge in [-0.15, -0.1) is 22.2 Å². The molecule has 0 aliphatic rings. The molecule has 0 saturated carbocycles. The van der Waals surface area contributed by atoms with Crippen molar-refractivity contribution in [3.63, 3.8) is 0 Å². The van der Waals surface area contributed by atoms with Crippen molar-refractivity contribution in [2.75, 3.05) is 6.17 Å². The predicted octanol–water partition coefficient (Wildman–Crippen LogP) is 1.22. The fraction of sp³-hybridized carbons (Fsp3) is 1.00. The van der Waals surface area contributed by atoms with Gasteiger partial charge in [0.15, 0.2) is 0 Å². The third kappa shape index (κ3) is 4.10. The van der Waals surface area contributed by atoms with Crippen LogP contribution in [0.25, 0.3) is 0 Å². The van der Waals surface area contributed by atoms with Crippen molar-refractivity contribution in [2.24, 2.45) is 0 Å². The van der Waals surface area contributed by atoms with Gasteiger partial charge in [0.25, 0.3) is 7.42 Å². The Kier molecular flexibility index (Phi) is 5.62. The topological polar surface area (TPSA) is 71.5 Å². The van der Waals surface area contributed by atoms with Gasteiger partial charge in [0.05, 0.1) is 6.17 Å². The Bertz CT molecular complexity index is 482. The second-order valence-corrected chi connectivity index (χ2v) is 11.7. The van der Waals surface area contributed by atoms with Gasteiger partial charge in [-0.2, -0.15) is 26.3 Å². The maximum absolute atomic E-state index is 12.1. The Labute approximate surface area is 114 Å². The van der Waals surface area contributed by atoms with E-state index in [9.17, 15) is 43.2 Å². The highest BCUT2D eigenvalue weighted by Crippen LogP contribution is 2.35. The molecule has 0 fully saturated rings. The molecule has 0 heterocycles. The SMILES string of the molecule is O=S(=O)(N(C[SiH](Cl)Cl)S(=O)(=O)C(F)(F)F)C(F)(F)F. The molecule has 116 valence electrons. The number of rotatable bonds is 4. The van der Waals surface area contributed by atoms with E-state index in [0.29, 0.717) is 0 Å². The van der Waals surface area contributed by atoms with Gasteiger partial charge in [-0.1, -0.05) is 3.71 Å². The van der Waals surface area contributed by atoms with Gasteiger partial charge in [-0.25, -0.2) is 16.8 Å². The maximum Gasteiger partial charge on any atom is 0.512 e. The second kappa shape index (κ2) is 5.55. The molecule has 0 atom stereocenters. The molecule has 0 spiro atoms. The molecule has 0 aliphatic carbocycles. The summed E-state index contributed by atoms with van der Waals surface area (Å²) in [6, 6.07) is 0. The molecule has 0 aromatic carbocycles. The van der Waals surface area contributed by atoms with Crippen LogP contribution in [-0.2, 0) is 20.0 Å². The Morgan fingerprint density at radius 3 is 1.26 bits per heavy atom. The van der Waals surface area contributed by atoms with Gasteiger partial charge in [0.1, 0.15) is 0 Å². The van der Waals surface area contributed by atoms with E-state index in [1.54, 1.807) is 0 Å². The molecular weight excluding hydrogens is 391 g/mol. The second-order valence-electron chi connectivity index (χ2n) is 2.75. The Morgan fingerprint density at radius 2 is 1.11 bits per heavy atom. The lowest BCUT2D eigenvalue weighted by Gasteiger charge is -2.23. The summed E-state index contributed by atoms with van der Waals surface area (Å²) in [6.45, 7) is 0. The number of alkyl halides is 6. The zero-order valence-corrected chi connectivity index (χ0v) is 12.5. The third-order valence-corrected chi connectivity index (χ3v) is 7.12. The number of halogens is 8. The van der Waals surface area contributed by atoms with Crippen LogP contribution in [0.5, 0.6) is 0 Å². The molecular formula is C3H3Cl2F6NO4S2Si. The highest BCUT2D eigenvalue weighted by molar-refractivity contribution is 8.04. The van der Waals surface area contributed by atoms with Crippen LogP contribution in [0.15, 0.2) is 0 Å². The lowest BCUT2D eigenvalue weighted by atomic mass is 11.5. The first kappa shape index (κ1) is 19.2. The molecule has 19 heavy (non-hydrogen) atoms. The van der Waals surface area contributed by atoms with Crippen molar-refractivity contribution in [3.05, 3.63) is 0 Å². The fourth-order valence-electron chi connectivity index (χ4n) is 0.669. The predicted molar refractivity (Wildman–Crippen MR) is 55.5 cm³/mol. The molecule has 0 bridgehead atoms. The van der Waals surface area contributed by atoms with Crippen molar-refractivity contribution in [3.8, 4) is 0 Å². The van der Waals surface area contributed by atoms with Gasteiger partial charge in [0.2, 0.25) is 0 Å². The summed E-state index contributed by atoms with van der Waals surface area (Å²) in [7, 11) is -17.0. The maximum atomic E-state index is 12.1. The van der Waals surface area contributed by atoms with E-state index in [-0.39, 0.29) is 0 Å². The van der Waals surface area contributed by atoms with Crippen LogP contribution >= 0.6 is 22.2 Å². The highest BCUT2D eigenvalue weighted by Gasteiger charge is 2.61. The van der Waals surface area contributed by atoms with Gasteiger partial charge in [-0.05, 0) is 0 Å². The molecule has 0 aromatic rings. The van der Waals surface area contributed by atoms with E-state index < -0.39 is 48.4 Å². The Balaban J connectivity index is 6.05. The molecule has 0 saturated heterocycles. The van der Waals surface area contributed by atoms with E-state index in [1.165, 1.54) is 0 Å². The van der Waals surface area contributed by atoms with E-state index >= 15 is 0 Å². The molecule has 0 rings (SSSR count). The molecule has 0 amide bonds. The van der Waals surface area contributed by atoms with Crippen LogP contribution in [0.2, 0.25) is 0 Å².